The molecule has 0 aliphatic carbocycles. The van der Waals surface area contributed by atoms with Crippen molar-refractivity contribution in [2.75, 3.05) is 30.3 Å². The molecule has 2 heterocycles. The van der Waals surface area contributed by atoms with Gasteiger partial charge in [0.05, 0.1) is 12.3 Å². The Hall–Kier alpha value is -1.96. The van der Waals surface area contributed by atoms with Gasteiger partial charge in [0.2, 0.25) is 0 Å². The summed E-state index contributed by atoms with van der Waals surface area (Å²) in [4.78, 5) is 16.4. The quantitative estimate of drug-likeness (QED) is 0.805. The number of carbonyl (C=O) groups excluding carboxylic acids is 1. The highest BCUT2D eigenvalue weighted by atomic mass is 32.1. The van der Waals surface area contributed by atoms with Gasteiger partial charge in [0.15, 0.2) is 5.13 Å². The van der Waals surface area contributed by atoms with Gasteiger partial charge in [0.25, 0.3) is 5.91 Å². The number of amides is 1. The SMILES string of the molecule is Cc1csc(Nc2ccc(NC(=O)C3CNCCO3)cc2)n1. The van der Waals surface area contributed by atoms with E-state index in [1.54, 1.807) is 11.3 Å². The van der Waals surface area contributed by atoms with Crippen molar-refractivity contribution in [3.8, 4) is 0 Å². The first-order valence-corrected chi connectivity index (χ1v) is 8.01. The lowest BCUT2D eigenvalue weighted by Crippen LogP contribution is -2.45. The summed E-state index contributed by atoms with van der Waals surface area (Å²) in [6.07, 6.45) is -0.426. The van der Waals surface area contributed by atoms with Crippen molar-refractivity contribution >= 4 is 33.8 Å². The van der Waals surface area contributed by atoms with Crippen molar-refractivity contribution in [3.05, 3.63) is 35.3 Å². The molecule has 1 aliphatic rings. The number of hydrogen-bond donors (Lipinski definition) is 3. The first kappa shape index (κ1) is 15.0. The van der Waals surface area contributed by atoms with Crippen molar-refractivity contribution in [2.24, 2.45) is 0 Å². The van der Waals surface area contributed by atoms with E-state index in [1.807, 2.05) is 36.6 Å². The van der Waals surface area contributed by atoms with Crippen LogP contribution in [0, 0.1) is 6.92 Å². The van der Waals surface area contributed by atoms with Crippen LogP contribution in [-0.2, 0) is 9.53 Å². The first-order chi connectivity index (χ1) is 10.7. The van der Waals surface area contributed by atoms with Gasteiger partial charge in [0, 0.05) is 29.8 Å². The number of aryl methyl sites for hydroxylation is 1. The molecule has 0 bridgehead atoms. The van der Waals surface area contributed by atoms with E-state index < -0.39 is 6.10 Å². The van der Waals surface area contributed by atoms with Crippen molar-refractivity contribution in [1.29, 1.82) is 0 Å². The van der Waals surface area contributed by atoms with E-state index in [4.69, 9.17) is 4.74 Å². The minimum Gasteiger partial charge on any atom is -0.366 e. The number of aromatic nitrogens is 1. The van der Waals surface area contributed by atoms with Gasteiger partial charge in [-0.2, -0.15) is 0 Å². The van der Waals surface area contributed by atoms with Gasteiger partial charge in [-0.25, -0.2) is 4.98 Å². The first-order valence-electron chi connectivity index (χ1n) is 7.13. The second-order valence-electron chi connectivity index (χ2n) is 5.05. The summed E-state index contributed by atoms with van der Waals surface area (Å²) in [5, 5.41) is 12.1. The second-order valence-corrected chi connectivity index (χ2v) is 5.91. The number of nitrogens with one attached hydrogen (secondary N) is 3. The Morgan fingerprint density at radius 3 is 2.77 bits per heavy atom. The number of morpholine rings is 1. The molecule has 1 aromatic carbocycles. The Kier molecular flexibility index (Phi) is 4.67. The van der Waals surface area contributed by atoms with E-state index in [-0.39, 0.29) is 5.91 Å². The fourth-order valence-electron chi connectivity index (χ4n) is 2.13. The highest BCUT2D eigenvalue weighted by Gasteiger charge is 2.21. The minimum atomic E-state index is -0.426. The van der Waals surface area contributed by atoms with Gasteiger partial charge in [-0.1, -0.05) is 0 Å². The predicted molar refractivity (Wildman–Crippen MR) is 87.8 cm³/mol. The summed E-state index contributed by atoms with van der Waals surface area (Å²) < 4.78 is 5.42. The van der Waals surface area contributed by atoms with Gasteiger partial charge < -0.3 is 20.7 Å². The highest BCUT2D eigenvalue weighted by molar-refractivity contribution is 7.13. The Labute approximate surface area is 132 Å². The van der Waals surface area contributed by atoms with Gasteiger partial charge in [-0.15, -0.1) is 11.3 Å². The number of carbonyl (C=O) groups is 1. The molecule has 1 amide bonds. The van der Waals surface area contributed by atoms with E-state index in [1.165, 1.54) is 0 Å². The Bertz CT molecular complexity index is 635. The molecule has 22 heavy (non-hydrogen) atoms. The molecule has 1 atom stereocenters. The number of rotatable bonds is 4. The monoisotopic (exact) mass is 318 g/mol. The normalized spacial score (nSPS) is 18.0. The summed E-state index contributed by atoms with van der Waals surface area (Å²) in [5.74, 6) is -0.122. The molecule has 6 nitrogen and oxygen atoms in total. The molecule has 7 heteroatoms. The molecule has 116 valence electrons. The molecule has 1 unspecified atom stereocenters. The van der Waals surface area contributed by atoms with Crippen LogP contribution in [0.25, 0.3) is 0 Å². The topological polar surface area (TPSA) is 75.3 Å². The van der Waals surface area contributed by atoms with Crippen LogP contribution in [0.15, 0.2) is 29.6 Å². The van der Waals surface area contributed by atoms with Crippen molar-refractivity contribution in [1.82, 2.24) is 10.3 Å². The Morgan fingerprint density at radius 1 is 1.36 bits per heavy atom. The van der Waals surface area contributed by atoms with Gasteiger partial charge >= 0.3 is 0 Å². The van der Waals surface area contributed by atoms with Crippen LogP contribution in [0.2, 0.25) is 0 Å². The van der Waals surface area contributed by atoms with Gasteiger partial charge in [-0.3, -0.25) is 4.79 Å². The van der Waals surface area contributed by atoms with Crippen LogP contribution in [0.3, 0.4) is 0 Å². The number of anilines is 3. The van der Waals surface area contributed by atoms with Crippen LogP contribution < -0.4 is 16.0 Å². The van der Waals surface area contributed by atoms with E-state index in [0.717, 1.165) is 28.7 Å². The summed E-state index contributed by atoms with van der Waals surface area (Å²) in [6, 6.07) is 7.53. The molecule has 3 rings (SSSR count). The number of benzene rings is 1. The van der Waals surface area contributed by atoms with Crippen LogP contribution in [0.1, 0.15) is 5.69 Å². The van der Waals surface area contributed by atoms with Crippen LogP contribution in [0.5, 0.6) is 0 Å². The summed E-state index contributed by atoms with van der Waals surface area (Å²) in [5.41, 5.74) is 2.68. The summed E-state index contributed by atoms with van der Waals surface area (Å²) in [6.45, 7) is 3.87. The molecule has 2 aromatic rings. The third kappa shape index (κ3) is 3.82. The van der Waals surface area contributed by atoms with E-state index in [9.17, 15) is 4.79 Å². The summed E-state index contributed by atoms with van der Waals surface area (Å²) in [7, 11) is 0. The maximum absolute atomic E-state index is 12.0. The number of nitrogens with zero attached hydrogens (tertiary/aromatic N) is 1. The average molecular weight is 318 g/mol. The fraction of sp³-hybridized carbons (Fsp3) is 0.333. The standard InChI is InChI=1S/C15H18N4O2S/c1-10-9-22-15(17-10)19-12-4-2-11(3-5-12)18-14(20)13-8-16-6-7-21-13/h2-5,9,13,16H,6-8H2,1H3,(H,17,19)(H,18,20). The smallest absolute Gasteiger partial charge is 0.254 e. The lowest BCUT2D eigenvalue weighted by Gasteiger charge is -2.22. The third-order valence-corrected chi connectivity index (χ3v) is 4.12. The number of ether oxygens (including phenoxy) is 1. The molecule has 0 saturated carbocycles. The molecule has 1 aliphatic heterocycles. The second kappa shape index (κ2) is 6.87. The lowest BCUT2D eigenvalue weighted by atomic mass is 10.2. The largest absolute Gasteiger partial charge is 0.366 e. The molecule has 0 spiro atoms. The van der Waals surface area contributed by atoms with Crippen LogP contribution in [-0.4, -0.2) is 36.7 Å². The maximum Gasteiger partial charge on any atom is 0.254 e. The molecule has 1 fully saturated rings. The average Bonchev–Trinajstić information content (AvgIpc) is 2.95. The molecule has 1 saturated heterocycles. The maximum atomic E-state index is 12.0. The van der Waals surface area contributed by atoms with E-state index >= 15 is 0 Å². The van der Waals surface area contributed by atoms with Crippen LogP contribution in [0.4, 0.5) is 16.5 Å². The predicted octanol–water partition coefficient (Wildman–Crippen LogP) is 2.12. The number of thiazole rings is 1. The zero-order valence-electron chi connectivity index (χ0n) is 12.3. The van der Waals surface area contributed by atoms with E-state index in [0.29, 0.717) is 13.2 Å². The lowest BCUT2D eigenvalue weighted by molar-refractivity contribution is -0.128. The summed E-state index contributed by atoms with van der Waals surface area (Å²) >= 11 is 1.56. The fourth-order valence-corrected chi connectivity index (χ4v) is 2.84. The Balaban J connectivity index is 1.57. The zero-order chi connectivity index (χ0) is 15.4. The van der Waals surface area contributed by atoms with Gasteiger partial charge in [0.1, 0.15) is 6.10 Å². The number of hydrogen-bond acceptors (Lipinski definition) is 6. The van der Waals surface area contributed by atoms with Crippen molar-refractivity contribution in [3.63, 3.8) is 0 Å². The molecule has 3 N–H and O–H groups in total. The third-order valence-electron chi connectivity index (χ3n) is 3.24. The molecular formula is C15H18N4O2S. The molecule has 0 radical (unpaired) electrons. The zero-order valence-corrected chi connectivity index (χ0v) is 13.1. The Morgan fingerprint density at radius 2 is 2.14 bits per heavy atom. The van der Waals surface area contributed by atoms with E-state index in [2.05, 4.69) is 20.9 Å². The molecule has 1 aromatic heterocycles. The highest BCUT2D eigenvalue weighted by Crippen LogP contribution is 2.22. The van der Waals surface area contributed by atoms with Crippen LogP contribution >= 0.6 is 11.3 Å². The molecular weight excluding hydrogens is 300 g/mol. The minimum absolute atomic E-state index is 0.122. The van der Waals surface area contributed by atoms with Crippen molar-refractivity contribution in [2.45, 2.75) is 13.0 Å². The van der Waals surface area contributed by atoms with Crippen molar-refractivity contribution < 1.29 is 9.53 Å². The van der Waals surface area contributed by atoms with Gasteiger partial charge in [-0.05, 0) is 31.2 Å².